The lowest BCUT2D eigenvalue weighted by Crippen LogP contribution is -2.25. The van der Waals surface area contributed by atoms with Crippen LogP contribution in [0.2, 0.25) is 5.02 Å². The molecule has 13 heavy (non-hydrogen) atoms. The zero-order valence-electron chi connectivity index (χ0n) is 7.84. The summed E-state index contributed by atoms with van der Waals surface area (Å²) in [5.74, 6) is 0. The fraction of sp³-hybridized carbons (Fsp3) is 0.364. The smallest absolute Gasteiger partial charge is 0.0593 e. The summed E-state index contributed by atoms with van der Waals surface area (Å²) in [6.07, 6.45) is 2.85. The first-order valence-corrected chi connectivity index (χ1v) is 4.79. The van der Waals surface area contributed by atoms with Crippen LogP contribution in [0.3, 0.4) is 0 Å². The van der Waals surface area contributed by atoms with Gasteiger partial charge in [-0.2, -0.15) is 0 Å². The van der Waals surface area contributed by atoms with Crippen molar-refractivity contribution in [3.63, 3.8) is 0 Å². The number of benzene rings is 1. The molecule has 0 atom stereocenters. The minimum absolute atomic E-state index is 0.00199. The quantitative estimate of drug-likeness (QED) is 0.601. The molecule has 1 aromatic carbocycles. The molecule has 0 bridgehead atoms. The molecule has 0 radical (unpaired) electrons. The number of nitrogens with zero attached hydrogens (tertiary/aromatic N) is 1. The van der Waals surface area contributed by atoms with Gasteiger partial charge in [-0.25, -0.2) is 0 Å². The maximum Gasteiger partial charge on any atom is 0.0593 e. The average Bonchev–Trinajstić information content (AvgIpc) is 2.06. The third-order valence-electron chi connectivity index (χ3n) is 2.32. The van der Waals surface area contributed by atoms with Crippen molar-refractivity contribution < 1.29 is 0 Å². The summed E-state index contributed by atoms with van der Waals surface area (Å²) in [7, 11) is 0. The van der Waals surface area contributed by atoms with Crippen molar-refractivity contribution in [2.45, 2.75) is 25.8 Å². The summed E-state index contributed by atoms with van der Waals surface area (Å²) in [6, 6.07) is 5.96. The van der Waals surface area contributed by atoms with Crippen LogP contribution in [0.15, 0.2) is 23.2 Å². The molecular weight excluding hydrogens is 182 g/mol. The van der Waals surface area contributed by atoms with E-state index in [0.717, 1.165) is 17.0 Å². The molecule has 0 fully saturated rings. The summed E-state index contributed by atoms with van der Waals surface area (Å²) >= 11 is 6.11. The van der Waals surface area contributed by atoms with E-state index in [4.69, 9.17) is 11.6 Å². The molecule has 1 aromatic rings. The standard InChI is InChI=1S/C11H12ClN/c1-11(2)6-9-8(7-13-11)4-3-5-10(9)12/h3-5,7H,6H2,1-2H3. The topological polar surface area (TPSA) is 12.4 Å². The molecule has 1 nitrogen and oxygen atoms in total. The van der Waals surface area contributed by atoms with Crippen molar-refractivity contribution in [3.05, 3.63) is 34.3 Å². The Morgan fingerprint density at radius 2 is 2.15 bits per heavy atom. The van der Waals surface area contributed by atoms with Gasteiger partial charge in [0.2, 0.25) is 0 Å². The van der Waals surface area contributed by atoms with Gasteiger partial charge in [-0.1, -0.05) is 23.7 Å². The number of hydrogen-bond acceptors (Lipinski definition) is 1. The summed E-state index contributed by atoms with van der Waals surface area (Å²) in [4.78, 5) is 4.46. The van der Waals surface area contributed by atoms with Crippen LogP contribution in [-0.2, 0) is 6.42 Å². The van der Waals surface area contributed by atoms with Gasteiger partial charge in [-0.15, -0.1) is 0 Å². The van der Waals surface area contributed by atoms with Crippen molar-refractivity contribution in [1.29, 1.82) is 0 Å². The molecule has 0 amide bonds. The molecule has 1 heterocycles. The van der Waals surface area contributed by atoms with Gasteiger partial charge in [0.25, 0.3) is 0 Å². The van der Waals surface area contributed by atoms with Gasteiger partial charge in [-0.05, 0) is 37.5 Å². The highest BCUT2D eigenvalue weighted by Gasteiger charge is 2.23. The minimum atomic E-state index is -0.00199. The highest BCUT2D eigenvalue weighted by atomic mass is 35.5. The second-order valence-electron chi connectivity index (χ2n) is 4.06. The van der Waals surface area contributed by atoms with Crippen LogP contribution in [0.1, 0.15) is 25.0 Å². The Bertz CT molecular complexity index is 366. The normalized spacial score (nSPS) is 18.4. The zero-order chi connectivity index (χ0) is 9.47. The van der Waals surface area contributed by atoms with E-state index in [1.807, 2.05) is 18.3 Å². The van der Waals surface area contributed by atoms with E-state index >= 15 is 0 Å². The van der Waals surface area contributed by atoms with Gasteiger partial charge in [0.1, 0.15) is 0 Å². The van der Waals surface area contributed by atoms with Crippen LogP contribution < -0.4 is 0 Å². The molecule has 0 unspecified atom stereocenters. The van der Waals surface area contributed by atoms with Crippen LogP contribution in [0.4, 0.5) is 0 Å². The van der Waals surface area contributed by atoms with Crippen molar-refractivity contribution in [3.8, 4) is 0 Å². The lowest BCUT2D eigenvalue weighted by molar-refractivity contribution is 0.516. The molecule has 0 aromatic heterocycles. The van der Waals surface area contributed by atoms with Gasteiger partial charge in [-0.3, -0.25) is 4.99 Å². The van der Waals surface area contributed by atoms with E-state index in [0.29, 0.717) is 0 Å². The second kappa shape index (κ2) is 2.85. The summed E-state index contributed by atoms with van der Waals surface area (Å²) < 4.78 is 0. The van der Waals surface area contributed by atoms with Crippen molar-refractivity contribution in [2.24, 2.45) is 4.99 Å². The summed E-state index contributed by atoms with van der Waals surface area (Å²) in [5, 5.41) is 0.858. The fourth-order valence-electron chi connectivity index (χ4n) is 1.61. The minimum Gasteiger partial charge on any atom is -0.286 e. The monoisotopic (exact) mass is 193 g/mol. The molecular formula is C11H12ClN. The Kier molecular flexibility index (Phi) is 1.92. The summed E-state index contributed by atoms with van der Waals surface area (Å²) in [5.41, 5.74) is 2.38. The lowest BCUT2D eigenvalue weighted by atomic mass is 9.90. The molecule has 0 saturated carbocycles. The lowest BCUT2D eigenvalue weighted by Gasteiger charge is -2.25. The Balaban J connectivity index is 2.54. The van der Waals surface area contributed by atoms with Crippen LogP contribution >= 0.6 is 11.6 Å². The van der Waals surface area contributed by atoms with Gasteiger partial charge < -0.3 is 0 Å². The first-order valence-electron chi connectivity index (χ1n) is 4.41. The van der Waals surface area contributed by atoms with Gasteiger partial charge in [0.15, 0.2) is 0 Å². The predicted molar refractivity (Wildman–Crippen MR) is 56.8 cm³/mol. The van der Waals surface area contributed by atoms with E-state index in [-0.39, 0.29) is 5.54 Å². The number of aliphatic imine (C=N–C) groups is 1. The van der Waals surface area contributed by atoms with E-state index in [2.05, 4.69) is 24.9 Å². The zero-order valence-corrected chi connectivity index (χ0v) is 8.60. The summed E-state index contributed by atoms with van der Waals surface area (Å²) in [6.45, 7) is 4.24. The predicted octanol–water partition coefficient (Wildman–Crippen LogP) is 3.09. The van der Waals surface area contributed by atoms with Crippen LogP contribution in [0.5, 0.6) is 0 Å². The largest absolute Gasteiger partial charge is 0.286 e. The van der Waals surface area contributed by atoms with Crippen molar-refractivity contribution >= 4 is 17.8 Å². The molecule has 2 heteroatoms. The van der Waals surface area contributed by atoms with Gasteiger partial charge in [0, 0.05) is 11.2 Å². The van der Waals surface area contributed by atoms with E-state index in [1.165, 1.54) is 5.56 Å². The van der Waals surface area contributed by atoms with Crippen molar-refractivity contribution in [1.82, 2.24) is 0 Å². The number of fused-ring (bicyclic) bond motifs is 1. The Labute approximate surface area is 83.4 Å². The average molecular weight is 194 g/mol. The molecule has 0 saturated heterocycles. The number of rotatable bonds is 0. The SMILES string of the molecule is CC1(C)Cc2c(Cl)cccc2C=N1. The molecule has 0 N–H and O–H groups in total. The highest BCUT2D eigenvalue weighted by Crippen LogP contribution is 2.28. The van der Waals surface area contributed by atoms with E-state index in [9.17, 15) is 0 Å². The number of hydrogen-bond donors (Lipinski definition) is 0. The molecule has 68 valence electrons. The highest BCUT2D eigenvalue weighted by molar-refractivity contribution is 6.31. The third kappa shape index (κ3) is 1.61. The Morgan fingerprint density at radius 3 is 2.92 bits per heavy atom. The van der Waals surface area contributed by atoms with Crippen LogP contribution in [-0.4, -0.2) is 11.8 Å². The molecule has 0 spiro atoms. The third-order valence-corrected chi connectivity index (χ3v) is 2.67. The van der Waals surface area contributed by atoms with Crippen molar-refractivity contribution in [2.75, 3.05) is 0 Å². The Hall–Kier alpha value is -0.820. The van der Waals surface area contributed by atoms with Gasteiger partial charge >= 0.3 is 0 Å². The fourth-order valence-corrected chi connectivity index (χ4v) is 1.85. The number of halogens is 1. The molecule has 1 aliphatic heterocycles. The second-order valence-corrected chi connectivity index (χ2v) is 4.46. The maximum atomic E-state index is 6.11. The maximum absolute atomic E-state index is 6.11. The van der Waals surface area contributed by atoms with E-state index in [1.54, 1.807) is 0 Å². The van der Waals surface area contributed by atoms with Gasteiger partial charge in [0.05, 0.1) is 5.54 Å². The molecule has 1 aliphatic rings. The van der Waals surface area contributed by atoms with Crippen LogP contribution in [0, 0.1) is 0 Å². The van der Waals surface area contributed by atoms with E-state index < -0.39 is 0 Å². The first-order chi connectivity index (χ1) is 6.08. The Morgan fingerprint density at radius 1 is 1.38 bits per heavy atom. The molecule has 2 rings (SSSR count). The van der Waals surface area contributed by atoms with Crippen LogP contribution in [0.25, 0.3) is 0 Å². The molecule has 0 aliphatic carbocycles. The first kappa shape index (κ1) is 8.76.